The molecule has 2 atom stereocenters. The lowest BCUT2D eigenvalue weighted by molar-refractivity contribution is -0.128. The zero-order valence-electron chi connectivity index (χ0n) is 11.6. The Kier molecular flexibility index (Phi) is 6.97. The highest BCUT2D eigenvalue weighted by Gasteiger charge is 2.18. The molecule has 0 aliphatic carbocycles. The van der Waals surface area contributed by atoms with Crippen LogP contribution >= 0.6 is 0 Å². The Morgan fingerprint density at radius 2 is 2.05 bits per heavy atom. The normalized spacial score (nSPS) is 13.6. The Morgan fingerprint density at radius 3 is 2.63 bits per heavy atom. The first-order chi connectivity index (χ1) is 9.17. The van der Waals surface area contributed by atoms with Crippen LogP contribution in [0, 0.1) is 5.92 Å². The van der Waals surface area contributed by atoms with Crippen molar-refractivity contribution in [1.29, 1.82) is 0 Å². The maximum atomic E-state index is 12.0. The van der Waals surface area contributed by atoms with Crippen LogP contribution in [-0.2, 0) is 4.79 Å². The zero-order chi connectivity index (χ0) is 14.1. The molecule has 1 rings (SSSR count). The molecule has 0 radical (unpaired) electrons. The average Bonchev–Trinajstić information content (AvgIpc) is 2.43. The van der Waals surface area contributed by atoms with Gasteiger partial charge in [-0.15, -0.1) is 0 Å². The van der Waals surface area contributed by atoms with Crippen LogP contribution in [0.15, 0.2) is 30.3 Å². The molecule has 0 aliphatic heterocycles. The second-order valence-electron chi connectivity index (χ2n) is 4.69. The molecule has 4 nitrogen and oxygen atoms in total. The first kappa shape index (κ1) is 15.5. The minimum absolute atomic E-state index is 0.101. The maximum Gasteiger partial charge on any atom is 0.261 e. The van der Waals surface area contributed by atoms with E-state index < -0.39 is 6.10 Å². The molecule has 1 aromatic rings. The molecule has 1 amide bonds. The molecular formula is C15H23NO3. The van der Waals surface area contributed by atoms with E-state index in [1.165, 1.54) is 0 Å². The second-order valence-corrected chi connectivity index (χ2v) is 4.69. The number of hydrogen-bond donors (Lipinski definition) is 2. The van der Waals surface area contributed by atoms with Crippen molar-refractivity contribution in [2.24, 2.45) is 5.92 Å². The summed E-state index contributed by atoms with van der Waals surface area (Å²) in [6, 6.07) is 9.34. The summed E-state index contributed by atoms with van der Waals surface area (Å²) in [5.41, 5.74) is 0. The van der Waals surface area contributed by atoms with Gasteiger partial charge in [-0.25, -0.2) is 0 Å². The minimum atomic E-state index is -0.469. The number of ether oxygens (including phenoxy) is 1. The van der Waals surface area contributed by atoms with Gasteiger partial charge in [-0.3, -0.25) is 4.79 Å². The van der Waals surface area contributed by atoms with Gasteiger partial charge < -0.3 is 15.2 Å². The molecule has 0 fully saturated rings. The van der Waals surface area contributed by atoms with Gasteiger partial charge >= 0.3 is 0 Å². The van der Waals surface area contributed by atoms with E-state index in [-0.39, 0.29) is 18.4 Å². The number of nitrogens with one attached hydrogen (secondary N) is 1. The van der Waals surface area contributed by atoms with Gasteiger partial charge in [0.05, 0.1) is 0 Å². The standard InChI is InChI=1S/C15H23NO3/c1-3-14(19-13-7-5-4-6-8-13)15(18)16-11-12(2)9-10-17/h4-8,12,14,17H,3,9-11H2,1-2H3,(H,16,18). The average molecular weight is 265 g/mol. The lowest BCUT2D eigenvalue weighted by Gasteiger charge is -2.18. The topological polar surface area (TPSA) is 58.6 Å². The second kappa shape index (κ2) is 8.53. The van der Waals surface area contributed by atoms with Gasteiger partial charge in [-0.1, -0.05) is 32.0 Å². The van der Waals surface area contributed by atoms with Crippen molar-refractivity contribution in [3.8, 4) is 5.75 Å². The van der Waals surface area contributed by atoms with E-state index in [9.17, 15) is 4.79 Å². The summed E-state index contributed by atoms with van der Waals surface area (Å²) in [7, 11) is 0. The maximum absolute atomic E-state index is 12.0. The molecule has 0 bridgehead atoms. The third kappa shape index (κ3) is 5.75. The summed E-state index contributed by atoms with van der Waals surface area (Å²) in [6.45, 7) is 4.63. The molecule has 0 saturated heterocycles. The zero-order valence-corrected chi connectivity index (χ0v) is 11.6. The van der Waals surface area contributed by atoms with Crippen molar-refractivity contribution >= 4 is 5.91 Å². The number of hydrogen-bond acceptors (Lipinski definition) is 3. The van der Waals surface area contributed by atoms with Crippen molar-refractivity contribution in [1.82, 2.24) is 5.32 Å². The van der Waals surface area contributed by atoms with Crippen LogP contribution in [0.2, 0.25) is 0 Å². The Labute approximate surface area is 114 Å². The Balaban J connectivity index is 2.44. The van der Waals surface area contributed by atoms with Crippen LogP contribution in [0.4, 0.5) is 0 Å². The predicted octanol–water partition coefficient (Wildman–Crippen LogP) is 1.98. The van der Waals surface area contributed by atoms with Gasteiger partial charge in [0.25, 0.3) is 5.91 Å². The lowest BCUT2D eigenvalue weighted by atomic mass is 10.1. The first-order valence-corrected chi connectivity index (χ1v) is 6.77. The molecule has 19 heavy (non-hydrogen) atoms. The monoisotopic (exact) mass is 265 g/mol. The number of benzene rings is 1. The number of para-hydroxylation sites is 1. The highest BCUT2D eigenvalue weighted by atomic mass is 16.5. The quantitative estimate of drug-likeness (QED) is 0.755. The molecule has 2 N–H and O–H groups in total. The number of amides is 1. The fourth-order valence-electron chi connectivity index (χ4n) is 1.70. The third-order valence-corrected chi connectivity index (χ3v) is 2.93. The summed E-state index contributed by atoms with van der Waals surface area (Å²) in [4.78, 5) is 12.0. The van der Waals surface area contributed by atoms with E-state index >= 15 is 0 Å². The summed E-state index contributed by atoms with van der Waals surface area (Å²) in [5, 5.41) is 11.7. The van der Waals surface area contributed by atoms with Gasteiger partial charge in [-0.05, 0) is 30.9 Å². The Morgan fingerprint density at radius 1 is 1.37 bits per heavy atom. The fraction of sp³-hybridized carbons (Fsp3) is 0.533. The van der Waals surface area contributed by atoms with Crippen LogP contribution in [-0.4, -0.2) is 30.3 Å². The minimum Gasteiger partial charge on any atom is -0.481 e. The number of aliphatic hydroxyl groups excluding tert-OH is 1. The van der Waals surface area contributed by atoms with Crippen LogP contribution in [0.5, 0.6) is 5.75 Å². The molecule has 106 valence electrons. The molecular weight excluding hydrogens is 242 g/mol. The SMILES string of the molecule is CCC(Oc1ccccc1)C(=O)NCC(C)CCO. The fourth-order valence-corrected chi connectivity index (χ4v) is 1.70. The molecule has 0 saturated carbocycles. The summed E-state index contributed by atoms with van der Waals surface area (Å²) in [6.07, 6.45) is 0.842. The van der Waals surface area contributed by atoms with Crippen LogP contribution in [0.25, 0.3) is 0 Å². The Bertz CT molecular complexity index is 367. The van der Waals surface area contributed by atoms with Crippen molar-refractivity contribution in [3.63, 3.8) is 0 Å². The number of rotatable bonds is 8. The molecule has 0 aromatic heterocycles. The Hall–Kier alpha value is -1.55. The van der Waals surface area contributed by atoms with E-state index in [2.05, 4.69) is 5.32 Å². The van der Waals surface area contributed by atoms with E-state index in [0.29, 0.717) is 25.1 Å². The van der Waals surface area contributed by atoms with Crippen LogP contribution in [0.1, 0.15) is 26.7 Å². The number of carbonyl (C=O) groups excluding carboxylic acids is 1. The molecule has 0 spiro atoms. The lowest BCUT2D eigenvalue weighted by Crippen LogP contribution is -2.40. The van der Waals surface area contributed by atoms with Crippen LogP contribution in [0.3, 0.4) is 0 Å². The van der Waals surface area contributed by atoms with E-state index in [0.717, 1.165) is 0 Å². The van der Waals surface area contributed by atoms with E-state index in [4.69, 9.17) is 9.84 Å². The van der Waals surface area contributed by atoms with Gasteiger partial charge in [0, 0.05) is 13.2 Å². The predicted molar refractivity (Wildman–Crippen MR) is 75.0 cm³/mol. The number of aliphatic hydroxyl groups is 1. The molecule has 2 unspecified atom stereocenters. The molecule has 0 heterocycles. The van der Waals surface area contributed by atoms with Gasteiger partial charge in [0.1, 0.15) is 5.75 Å². The number of carbonyl (C=O) groups is 1. The van der Waals surface area contributed by atoms with E-state index in [1.807, 2.05) is 44.2 Å². The highest BCUT2D eigenvalue weighted by Crippen LogP contribution is 2.12. The molecule has 4 heteroatoms. The van der Waals surface area contributed by atoms with Gasteiger partial charge in [-0.2, -0.15) is 0 Å². The smallest absolute Gasteiger partial charge is 0.261 e. The van der Waals surface area contributed by atoms with Gasteiger partial charge in [0.15, 0.2) is 6.10 Å². The first-order valence-electron chi connectivity index (χ1n) is 6.77. The van der Waals surface area contributed by atoms with Crippen molar-refractivity contribution in [2.45, 2.75) is 32.8 Å². The molecule has 1 aromatic carbocycles. The van der Waals surface area contributed by atoms with Crippen molar-refractivity contribution < 1.29 is 14.6 Å². The van der Waals surface area contributed by atoms with E-state index in [1.54, 1.807) is 0 Å². The van der Waals surface area contributed by atoms with Crippen molar-refractivity contribution in [2.75, 3.05) is 13.2 Å². The summed E-state index contributed by atoms with van der Waals surface area (Å²) >= 11 is 0. The van der Waals surface area contributed by atoms with Crippen LogP contribution < -0.4 is 10.1 Å². The molecule has 0 aliphatic rings. The summed E-state index contributed by atoms with van der Waals surface area (Å²) in [5.74, 6) is 0.868. The highest BCUT2D eigenvalue weighted by molar-refractivity contribution is 5.81. The summed E-state index contributed by atoms with van der Waals surface area (Å²) < 4.78 is 5.66. The van der Waals surface area contributed by atoms with Crippen molar-refractivity contribution in [3.05, 3.63) is 30.3 Å². The van der Waals surface area contributed by atoms with Gasteiger partial charge in [0.2, 0.25) is 0 Å². The largest absolute Gasteiger partial charge is 0.481 e. The third-order valence-electron chi connectivity index (χ3n) is 2.93.